The van der Waals surface area contributed by atoms with Crippen molar-refractivity contribution in [3.05, 3.63) is 66.8 Å². The van der Waals surface area contributed by atoms with Gasteiger partial charge in [-0.1, -0.05) is 44.0 Å². The Morgan fingerprint density at radius 1 is 1.00 bits per heavy atom. The Hall–Kier alpha value is -0.260. The lowest BCUT2D eigenvalue weighted by Crippen LogP contribution is -1.80. The van der Waals surface area contributed by atoms with Gasteiger partial charge in [-0.15, -0.1) is 0 Å². The molecule has 0 aliphatic carbocycles. The third-order valence-electron chi connectivity index (χ3n) is 2.24. The minimum absolute atomic E-state index is 0.238. The number of aryl methyl sites for hydroxylation is 1. The molecule has 2 aromatic carbocycles. The highest BCUT2D eigenvalue weighted by atomic mass is 79.9. The zero-order valence-corrected chi connectivity index (χ0v) is 14.8. The van der Waals surface area contributed by atoms with Crippen molar-refractivity contribution in [2.24, 2.45) is 0 Å². The fourth-order valence-electron chi connectivity index (χ4n) is 1.24. The molecule has 0 fully saturated rings. The minimum atomic E-state index is -0.389. The van der Waals surface area contributed by atoms with E-state index in [4.69, 9.17) is 0 Å². The van der Waals surface area contributed by atoms with E-state index in [0.29, 0.717) is 10.0 Å². The summed E-state index contributed by atoms with van der Waals surface area (Å²) < 4.78 is 26.8. The second-order valence-electron chi connectivity index (χ2n) is 3.78. The van der Waals surface area contributed by atoms with E-state index in [2.05, 4.69) is 47.8 Å². The first kappa shape index (κ1) is 16.8. The summed E-state index contributed by atoms with van der Waals surface area (Å²) in [6, 6.07) is 10.4. The molecule has 102 valence electrons. The van der Waals surface area contributed by atoms with Crippen LogP contribution in [-0.4, -0.2) is 0 Å². The highest BCUT2D eigenvalue weighted by Gasteiger charge is 2.01. The molecule has 19 heavy (non-hydrogen) atoms. The maximum absolute atomic E-state index is 12.7. The highest BCUT2D eigenvalue weighted by molar-refractivity contribution is 9.11. The summed E-state index contributed by atoms with van der Waals surface area (Å²) in [5.74, 6) is -0.238. The van der Waals surface area contributed by atoms with Gasteiger partial charge >= 0.3 is 0 Å². The Bertz CT molecular complexity index is 506. The number of rotatable bonds is 1. The van der Waals surface area contributed by atoms with E-state index in [1.54, 1.807) is 18.2 Å². The van der Waals surface area contributed by atoms with Gasteiger partial charge in [0, 0.05) is 8.95 Å². The Labute approximate surface area is 136 Å². The fourth-order valence-corrected chi connectivity index (χ4v) is 2.46. The van der Waals surface area contributed by atoms with Crippen LogP contribution in [0.5, 0.6) is 0 Å². The molecule has 0 N–H and O–H groups in total. The molecular weight excluding hydrogens is 446 g/mol. The van der Waals surface area contributed by atoms with Crippen LogP contribution in [0.25, 0.3) is 0 Å². The van der Waals surface area contributed by atoms with Gasteiger partial charge in [-0.25, -0.2) is 8.78 Å². The number of hydrogen-bond acceptors (Lipinski definition) is 0. The summed E-state index contributed by atoms with van der Waals surface area (Å²) >= 11 is 9.54. The molecule has 0 aliphatic rings. The lowest BCUT2D eigenvalue weighted by molar-refractivity contribution is 0.485. The van der Waals surface area contributed by atoms with E-state index in [0.717, 1.165) is 14.5 Å². The molecule has 0 bridgehead atoms. The van der Waals surface area contributed by atoms with Crippen molar-refractivity contribution in [3.63, 3.8) is 0 Å². The second-order valence-corrected chi connectivity index (χ2v) is 6.40. The van der Waals surface area contributed by atoms with Crippen LogP contribution in [0, 0.1) is 12.7 Å². The largest absolute Gasteiger partial charge is 0.246 e. The molecule has 2 rings (SSSR count). The molecular formula is C14H11Br3F2. The molecule has 0 saturated heterocycles. The summed E-state index contributed by atoms with van der Waals surface area (Å²) in [7, 11) is 0. The molecule has 2 aromatic rings. The first-order valence-electron chi connectivity index (χ1n) is 5.35. The van der Waals surface area contributed by atoms with Crippen molar-refractivity contribution in [2.45, 2.75) is 13.6 Å². The van der Waals surface area contributed by atoms with E-state index in [-0.39, 0.29) is 12.5 Å². The Morgan fingerprint density at radius 3 is 2.16 bits per heavy atom. The van der Waals surface area contributed by atoms with Crippen molar-refractivity contribution in [1.29, 1.82) is 0 Å². The first-order valence-corrected chi connectivity index (χ1v) is 7.73. The number of hydrogen-bond donors (Lipinski definition) is 0. The molecule has 0 aliphatic heterocycles. The van der Waals surface area contributed by atoms with Crippen LogP contribution in [0.1, 0.15) is 11.1 Å². The summed E-state index contributed by atoms with van der Waals surface area (Å²) in [5.41, 5.74) is 1.73. The van der Waals surface area contributed by atoms with Crippen molar-refractivity contribution in [3.8, 4) is 0 Å². The highest BCUT2D eigenvalue weighted by Crippen LogP contribution is 2.23. The minimum Gasteiger partial charge on any atom is -0.246 e. The van der Waals surface area contributed by atoms with Crippen LogP contribution >= 0.6 is 47.8 Å². The van der Waals surface area contributed by atoms with Gasteiger partial charge in [-0.2, -0.15) is 0 Å². The third-order valence-corrected chi connectivity index (χ3v) is 4.20. The summed E-state index contributed by atoms with van der Waals surface area (Å²) in [6.45, 7) is 1.52. The quantitative estimate of drug-likeness (QED) is 0.425. The average molecular weight is 457 g/mol. The SMILES string of the molecule is Cc1cc(Br)c(F)cc1Br.FCc1cccc(Br)c1. The van der Waals surface area contributed by atoms with Crippen molar-refractivity contribution >= 4 is 47.8 Å². The van der Waals surface area contributed by atoms with Gasteiger partial charge in [-0.05, 0) is 58.2 Å². The molecule has 0 spiro atoms. The van der Waals surface area contributed by atoms with E-state index < -0.39 is 0 Å². The molecule has 0 heterocycles. The van der Waals surface area contributed by atoms with Crippen LogP contribution in [0.15, 0.2) is 49.8 Å². The molecule has 0 atom stereocenters. The van der Waals surface area contributed by atoms with Crippen LogP contribution in [0.2, 0.25) is 0 Å². The van der Waals surface area contributed by atoms with Gasteiger partial charge in [0.1, 0.15) is 12.5 Å². The van der Waals surface area contributed by atoms with Crippen LogP contribution < -0.4 is 0 Å². The van der Waals surface area contributed by atoms with Crippen molar-refractivity contribution in [1.82, 2.24) is 0 Å². The Morgan fingerprint density at radius 2 is 1.68 bits per heavy atom. The molecule has 0 aromatic heterocycles. The van der Waals surface area contributed by atoms with Crippen molar-refractivity contribution in [2.75, 3.05) is 0 Å². The normalized spacial score (nSPS) is 9.79. The van der Waals surface area contributed by atoms with E-state index >= 15 is 0 Å². The molecule has 0 radical (unpaired) electrons. The zero-order chi connectivity index (χ0) is 14.4. The summed E-state index contributed by atoms with van der Waals surface area (Å²) in [6.07, 6.45) is 0. The first-order chi connectivity index (χ1) is 8.93. The predicted molar refractivity (Wildman–Crippen MR) is 85.5 cm³/mol. The van der Waals surface area contributed by atoms with Gasteiger partial charge < -0.3 is 0 Å². The second kappa shape index (κ2) is 8.12. The molecule has 0 nitrogen and oxygen atoms in total. The van der Waals surface area contributed by atoms with Gasteiger partial charge in [0.2, 0.25) is 0 Å². The standard InChI is InChI=1S/C7H5Br2F.C7H6BrF/c1-4-2-6(9)7(10)3-5(4)8;8-7-3-1-2-6(4-7)5-9/h2-3H,1H3;1-4H,5H2. The van der Waals surface area contributed by atoms with Crippen LogP contribution in [0.3, 0.4) is 0 Å². The van der Waals surface area contributed by atoms with Gasteiger partial charge in [-0.3, -0.25) is 0 Å². The third kappa shape index (κ3) is 5.71. The van der Waals surface area contributed by atoms with Crippen LogP contribution in [-0.2, 0) is 6.67 Å². The van der Waals surface area contributed by atoms with E-state index in [9.17, 15) is 8.78 Å². The molecule has 0 saturated carbocycles. The zero-order valence-electron chi connectivity index (χ0n) is 10.1. The van der Waals surface area contributed by atoms with Crippen LogP contribution in [0.4, 0.5) is 8.78 Å². The summed E-state index contributed by atoms with van der Waals surface area (Å²) in [4.78, 5) is 0. The molecule has 0 unspecified atom stereocenters. The number of benzene rings is 2. The van der Waals surface area contributed by atoms with Gasteiger partial charge in [0.15, 0.2) is 0 Å². The number of alkyl halides is 1. The monoisotopic (exact) mass is 454 g/mol. The van der Waals surface area contributed by atoms with Gasteiger partial charge in [0.25, 0.3) is 0 Å². The fraction of sp³-hybridized carbons (Fsp3) is 0.143. The Balaban J connectivity index is 0.000000191. The lowest BCUT2D eigenvalue weighted by atomic mass is 10.2. The van der Waals surface area contributed by atoms with Gasteiger partial charge in [0.05, 0.1) is 4.47 Å². The maximum Gasteiger partial charge on any atom is 0.138 e. The molecule has 5 heteroatoms. The predicted octanol–water partition coefficient (Wildman–Crippen LogP) is 6.58. The smallest absolute Gasteiger partial charge is 0.138 e. The van der Waals surface area contributed by atoms with E-state index in [1.807, 2.05) is 19.1 Å². The Kier molecular flexibility index (Phi) is 7.18. The maximum atomic E-state index is 12.7. The summed E-state index contributed by atoms with van der Waals surface area (Å²) in [5, 5.41) is 0. The lowest BCUT2D eigenvalue weighted by Gasteiger charge is -1.98. The number of halogens is 5. The average Bonchev–Trinajstić information content (AvgIpc) is 2.37. The topological polar surface area (TPSA) is 0 Å². The van der Waals surface area contributed by atoms with Crippen molar-refractivity contribution < 1.29 is 8.78 Å². The molecule has 0 amide bonds. The van der Waals surface area contributed by atoms with E-state index in [1.165, 1.54) is 6.07 Å².